The van der Waals surface area contributed by atoms with Crippen molar-refractivity contribution in [3.63, 3.8) is 0 Å². The molecule has 3 N–H and O–H groups in total. The van der Waals surface area contributed by atoms with Gasteiger partial charge in [-0.05, 0) is 25.7 Å². The Kier molecular flexibility index (Phi) is 3.15. The molecule has 1 aromatic rings. The minimum atomic E-state index is -0.573. The van der Waals surface area contributed by atoms with Gasteiger partial charge in [0.25, 0.3) is 0 Å². The number of hydrogen-bond donors (Lipinski definition) is 2. The molecule has 3 rings (SSSR count). The number of ether oxygens (including phenoxy) is 1. The molecule has 1 aromatic heterocycles. The molecule has 0 radical (unpaired) electrons. The second-order valence-electron chi connectivity index (χ2n) is 5.93. The van der Waals surface area contributed by atoms with Crippen LogP contribution in [0.4, 0.5) is 0 Å². The number of nitrogens with two attached hydrogens (primary N) is 1. The van der Waals surface area contributed by atoms with Gasteiger partial charge in [0.2, 0.25) is 0 Å². The smallest absolute Gasteiger partial charge is 0.0917 e. The highest BCUT2D eigenvalue weighted by Crippen LogP contribution is 2.53. The Balaban J connectivity index is 1.95. The Bertz CT molecular complexity index is 473. The molecule has 4 unspecified atom stereocenters. The van der Waals surface area contributed by atoms with Crippen molar-refractivity contribution in [1.82, 2.24) is 9.78 Å². The van der Waals surface area contributed by atoms with Crippen LogP contribution in [0.15, 0.2) is 6.20 Å². The zero-order valence-corrected chi connectivity index (χ0v) is 11.7. The van der Waals surface area contributed by atoms with Crippen molar-refractivity contribution in [3.8, 4) is 0 Å². The second kappa shape index (κ2) is 4.58. The normalized spacial score (nSPS) is 34.9. The SMILES string of the molecule is CCc1nn(C)cc1C(O)C1(CN)CC2CCC1O2. The van der Waals surface area contributed by atoms with Gasteiger partial charge in [-0.3, -0.25) is 4.68 Å². The number of aliphatic hydroxyl groups is 1. The average Bonchev–Trinajstić information content (AvgIpc) is 3.10. The molecular weight excluding hydrogens is 242 g/mol. The van der Waals surface area contributed by atoms with Crippen molar-refractivity contribution in [2.75, 3.05) is 6.54 Å². The van der Waals surface area contributed by atoms with E-state index in [1.807, 2.05) is 13.2 Å². The Labute approximate surface area is 113 Å². The van der Waals surface area contributed by atoms with E-state index in [1.54, 1.807) is 4.68 Å². The lowest BCUT2D eigenvalue weighted by Gasteiger charge is -2.38. The molecule has 0 aromatic carbocycles. The van der Waals surface area contributed by atoms with Gasteiger partial charge >= 0.3 is 0 Å². The zero-order valence-electron chi connectivity index (χ0n) is 11.7. The minimum Gasteiger partial charge on any atom is -0.388 e. The first-order chi connectivity index (χ1) is 9.10. The van der Waals surface area contributed by atoms with E-state index >= 15 is 0 Å². The van der Waals surface area contributed by atoms with Gasteiger partial charge < -0.3 is 15.6 Å². The first-order valence-electron chi connectivity index (χ1n) is 7.16. The molecule has 2 saturated heterocycles. The van der Waals surface area contributed by atoms with Crippen LogP contribution in [0.1, 0.15) is 43.5 Å². The van der Waals surface area contributed by atoms with Crippen LogP contribution in [0.2, 0.25) is 0 Å². The number of hydrogen-bond acceptors (Lipinski definition) is 4. The highest BCUT2D eigenvalue weighted by molar-refractivity contribution is 5.25. The van der Waals surface area contributed by atoms with Crippen LogP contribution in [0.3, 0.4) is 0 Å². The number of aromatic nitrogens is 2. The molecule has 0 spiro atoms. The van der Waals surface area contributed by atoms with Crippen LogP contribution in [-0.4, -0.2) is 33.6 Å². The number of aryl methyl sites for hydroxylation is 2. The average molecular weight is 265 g/mol. The van der Waals surface area contributed by atoms with Crippen molar-refractivity contribution in [2.24, 2.45) is 18.2 Å². The van der Waals surface area contributed by atoms with Gasteiger partial charge in [-0.25, -0.2) is 0 Å². The summed E-state index contributed by atoms with van der Waals surface area (Å²) in [5.41, 5.74) is 7.59. The number of aliphatic hydroxyl groups excluding tert-OH is 1. The Hall–Kier alpha value is -0.910. The molecule has 5 heteroatoms. The van der Waals surface area contributed by atoms with E-state index in [4.69, 9.17) is 10.5 Å². The van der Waals surface area contributed by atoms with Crippen molar-refractivity contribution in [1.29, 1.82) is 0 Å². The van der Waals surface area contributed by atoms with Crippen LogP contribution in [0.25, 0.3) is 0 Å². The Morgan fingerprint density at radius 3 is 2.95 bits per heavy atom. The molecule has 4 atom stereocenters. The van der Waals surface area contributed by atoms with Gasteiger partial charge in [0, 0.05) is 30.8 Å². The van der Waals surface area contributed by atoms with E-state index in [0.29, 0.717) is 6.54 Å². The number of rotatable bonds is 4. The van der Waals surface area contributed by atoms with Gasteiger partial charge in [0.05, 0.1) is 24.0 Å². The van der Waals surface area contributed by atoms with Gasteiger partial charge in [0.15, 0.2) is 0 Å². The van der Waals surface area contributed by atoms with Gasteiger partial charge in [0.1, 0.15) is 0 Å². The second-order valence-corrected chi connectivity index (χ2v) is 5.93. The standard InChI is InChI=1S/C14H23N3O2/c1-3-11-10(7-17(2)16-11)13(18)14(8-15)6-9-4-5-12(14)19-9/h7,9,12-13,18H,3-6,8,15H2,1-2H3. The molecular formula is C14H23N3O2. The third-order valence-corrected chi connectivity index (χ3v) is 4.85. The van der Waals surface area contributed by atoms with E-state index < -0.39 is 6.10 Å². The predicted octanol–water partition coefficient (Wildman–Crippen LogP) is 0.912. The molecule has 2 fully saturated rings. The summed E-state index contributed by atoms with van der Waals surface area (Å²) in [4.78, 5) is 0. The summed E-state index contributed by atoms with van der Waals surface area (Å²) in [5, 5.41) is 15.3. The fourth-order valence-electron chi connectivity index (χ4n) is 3.81. The molecule has 2 bridgehead atoms. The van der Waals surface area contributed by atoms with Crippen LogP contribution in [-0.2, 0) is 18.2 Å². The van der Waals surface area contributed by atoms with Crippen LogP contribution >= 0.6 is 0 Å². The zero-order chi connectivity index (χ0) is 13.6. The molecule has 106 valence electrons. The minimum absolute atomic E-state index is 0.0995. The van der Waals surface area contributed by atoms with Crippen LogP contribution in [0.5, 0.6) is 0 Å². The van der Waals surface area contributed by atoms with E-state index in [9.17, 15) is 5.11 Å². The molecule has 2 aliphatic heterocycles. The summed E-state index contributed by atoms with van der Waals surface area (Å²) >= 11 is 0. The Morgan fingerprint density at radius 1 is 1.63 bits per heavy atom. The fourth-order valence-corrected chi connectivity index (χ4v) is 3.81. The molecule has 0 amide bonds. The summed E-state index contributed by atoms with van der Waals surface area (Å²) in [7, 11) is 1.89. The first kappa shape index (κ1) is 13.1. The third kappa shape index (κ3) is 1.83. The highest BCUT2D eigenvalue weighted by Gasteiger charge is 2.56. The van der Waals surface area contributed by atoms with Gasteiger partial charge in [-0.1, -0.05) is 6.92 Å². The van der Waals surface area contributed by atoms with Crippen molar-refractivity contribution in [3.05, 3.63) is 17.5 Å². The van der Waals surface area contributed by atoms with Gasteiger partial charge in [-0.15, -0.1) is 0 Å². The largest absolute Gasteiger partial charge is 0.388 e. The lowest BCUT2D eigenvalue weighted by Crippen LogP contribution is -2.44. The van der Waals surface area contributed by atoms with E-state index in [1.165, 1.54) is 0 Å². The molecule has 2 aliphatic rings. The molecule has 0 aliphatic carbocycles. The third-order valence-electron chi connectivity index (χ3n) is 4.85. The summed E-state index contributed by atoms with van der Waals surface area (Å²) in [5.74, 6) is 0. The van der Waals surface area contributed by atoms with E-state index in [-0.39, 0.29) is 17.6 Å². The van der Waals surface area contributed by atoms with Crippen molar-refractivity contribution in [2.45, 2.75) is 50.9 Å². The van der Waals surface area contributed by atoms with E-state index in [0.717, 1.165) is 36.9 Å². The Morgan fingerprint density at radius 2 is 2.42 bits per heavy atom. The first-order valence-corrected chi connectivity index (χ1v) is 7.16. The maximum Gasteiger partial charge on any atom is 0.0917 e. The summed E-state index contributed by atoms with van der Waals surface area (Å²) < 4.78 is 7.71. The van der Waals surface area contributed by atoms with Crippen LogP contribution < -0.4 is 5.73 Å². The lowest BCUT2D eigenvalue weighted by molar-refractivity contribution is -0.0268. The molecule has 5 nitrogen and oxygen atoms in total. The van der Waals surface area contributed by atoms with Gasteiger partial charge in [-0.2, -0.15) is 5.10 Å². The fraction of sp³-hybridized carbons (Fsp3) is 0.786. The summed E-state index contributed by atoms with van der Waals surface area (Å²) in [6.45, 7) is 2.53. The number of nitrogens with zero attached hydrogens (tertiary/aromatic N) is 2. The molecule has 0 saturated carbocycles. The monoisotopic (exact) mass is 265 g/mol. The van der Waals surface area contributed by atoms with Crippen molar-refractivity contribution >= 4 is 0 Å². The topological polar surface area (TPSA) is 73.3 Å². The molecule has 3 heterocycles. The molecule has 19 heavy (non-hydrogen) atoms. The van der Waals surface area contributed by atoms with E-state index in [2.05, 4.69) is 12.0 Å². The maximum atomic E-state index is 10.9. The number of fused-ring (bicyclic) bond motifs is 2. The lowest BCUT2D eigenvalue weighted by atomic mass is 9.68. The summed E-state index contributed by atoms with van der Waals surface area (Å²) in [6.07, 6.45) is 5.54. The summed E-state index contributed by atoms with van der Waals surface area (Å²) in [6, 6.07) is 0. The highest BCUT2D eigenvalue weighted by atomic mass is 16.5. The quantitative estimate of drug-likeness (QED) is 0.849. The predicted molar refractivity (Wildman–Crippen MR) is 71.5 cm³/mol. The van der Waals surface area contributed by atoms with Crippen LogP contribution in [0, 0.1) is 5.41 Å². The maximum absolute atomic E-state index is 10.9. The van der Waals surface area contributed by atoms with Crippen molar-refractivity contribution < 1.29 is 9.84 Å².